The number of amides is 2. The van der Waals surface area contributed by atoms with Crippen LogP contribution in [0.1, 0.15) is 37.2 Å². The molecule has 0 radical (unpaired) electrons. The average molecular weight is 474 g/mol. The Morgan fingerprint density at radius 3 is 2.58 bits per heavy atom. The van der Waals surface area contributed by atoms with Crippen LogP contribution in [0.25, 0.3) is 0 Å². The number of carbonyl (C=O) groups excluding carboxylic acids is 2. The lowest BCUT2D eigenvalue weighted by molar-refractivity contribution is -0.272. The summed E-state index contributed by atoms with van der Waals surface area (Å²) >= 11 is 0. The zero-order chi connectivity index (χ0) is 25.6. The summed E-state index contributed by atoms with van der Waals surface area (Å²) < 4.78 is 88.2. The summed E-state index contributed by atoms with van der Waals surface area (Å²) in [6.07, 6.45) is -5.65. The van der Waals surface area contributed by atoms with E-state index in [2.05, 4.69) is 10.3 Å². The number of primary amides is 1. The molecule has 1 aliphatic rings. The molecule has 4 atom stereocenters. The molecule has 0 saturated carbocycles. The fourth-order valence-electron chi connectivity index (χ4n) is 3.83. The third-order valence-electron chi connectivity index (χ3n) is 5.78. The van der Waals surface area contributed by atoms with Crippen LogP contribution in [0.4, 0.5) is 27.6 Å². The molecule has 1 aromatic carbocycles. The minimum Gasteiger partial charge on any atom is -0.493 e. The Bertz CT molecular complexity index is 1150. The van der Waals surface area contributed by atoms with Gasteiger partial charge in [-0.15, -0.1) is 0 Å². The van der Waals surface area contributed by atoms with Crippen LogP contribution >= 0.6 is 0 Å². The quantitative estimate of drug-likeness (QED) is 0.646. The Hall–Kier alpha value is -3.28. The summed E-state index contributed by atoms with van der Waals surface area (Å²) in [7, 11) is 0.978. The van der Waals surface area contributed by atoms with Gasteiger partial charge in [0.05, 0.1) is 8.48 Å². The maximum absolute atomic E-state index is 14.5. The van der Waals surface area contributed by atoms with Crippen molar-refractivity contribution in [2.45, 2.75) is 37.6 Å². The first-order valence-corrected chi connectivity index (χ1v) is 9.56. The smallest absolute Gasteiger partial charge is 0.417 e. The number of nitrogens with two attached hydrogens (primary N) is 1. The van der Waals surface area contributed by atoms with Gasteiger partial charge in [0.1, 0.15) is 11.8 Å². The molecule has 2 aromatic rings. The first kappa shape index (κ1) is 22.9. The highest BCUT2D eigenvalue weighted by Gasteiger charge is 2.65. The molecule has 3 N–H and O–H groups in total. The van der Waals surface area contributed by atoms with Crippen molar-refractivity contribution >= 4 is 17.5 Å². The first-order chi connectivity index (χ1) is 15.7. The number of benzene rings is 1. The lowest BCUT2D eigenvalue weighted by Crippen LogP contribution is -2.47. The van der Waals surface area contributed by atoms with Crippen molar-refractivity contribution in [2.75, 3.05) is 12.4 Å². The SMILES string of the molecule is [2H]c1cc([C@@H]2[C@H](C(=O)Nc3ccnc(C(N)=O)c3)O[C@@](C)(C(F)(F)F)[C@H]2C)c(OC)c(F)c1F. The molecular formula is C21H20F5N3O4. The van der Waals surface area contributed by atoms with Gasteiger partial charge in [0, 0.05) is 29.3 Å². The molecule has 1 saturated heterocycles. The first-order valence-electron chi connectivity index (χ1n) is 10.1. The number of carbonyl (C=O) groups is 2. The Morgan fingerprint density at radius 1 is 1.33 bits per heavy atom. The van der Waals surface area contributed by atoms with Crippen molar-refractivity contribution in [1.82, 2.24) is 4.98 Å². The van der Waals surface area contributed by atoms with Gasteiger partial charge < -0.3 is 20.5 Å². The average Bonchev–Trinajstić information content (AvgIpc) is 3.04. The number of alkyl halides is 3. The molecule has 2 amide bonds. The molecule has 1 aliphatic heterocycles. The Labute approximate surface area is 186 Å². The summed E-state index contributed by atoms with van der Waals surface area (Å²) in [6, 6.07) is 2.25. The van der Waals surface area contributed by atoms with Crippen molar-refractivity contribution in [2.24, 2.45) is 11.7 Å². The molecule has 1 aromatic heterocycles. The van der Waals surface area contributed by atoms with Gasteiger partial charge in [0.2, 0.25) is 5.82 Å². The van der Waals surface area contributed by atoms with Crippen LogP contribution < -0.4 is 15.8 Å². The van der Waals surface area contributed by atoms with Crippen LogP contribution in [-0.2, 0) is 9.53 Å². The highest BCUT2D eigenvalue weighted by Crippen LogP contribution is 2.55. The number of methoxy groups -OCH3 is 1. The normalized spacial score (nSPS) is 25.5. The van der Waals surface area contributed by atoms with E-state index in [9.17, 15) is 31.5 Å². The third kappa shape index (κ3) is 4.22. The number of halogens is 5. The maximum atomic E-state index is 14.5. The van der Waals surface area contributed by atoms with Crippen molar-refractivity contribution in [1.29, 1.82) is 0 Å². The van der Waals surface area contributed by atoms with Crippen molar-refractivity contribution in [3.63, 3.8) is 0 Å². The molecule has 0 spiro atoms. The summed E-state index contributed by atoms with van der Waals surface area (Å²) in [5.41, 5.74) is 1.74. The number of nitrogens with one attached hydrogen (secondary N) is 1. The molecule has 178 valence electrons. The van der Waals surface area contributed by atoms with Gasteiger partial charge in [-0.3, -0.25) is 14.6 Å². The molecular weight excluding hydrogens is 453 g/mol. The van der Waals surface area contributed by atoms with E-state index in [1.165, 1.54) is 6.07 Å². The summed E-state index contributed by atoms with van der Waals surface area (Å²) in [6.45, 7) is 1.89. The maximum Gasteiger partial charge on any atom is 0.417 e. The second kappa shape index (κ2) is 8.58. The summed E-state index contributed by atoms with van der Waals surface area (Å²) in [5, 5.41) is 2.33. The standard InChI is InChI=1S/C21H20F5N3O4/c1-9-14(11-4-5-12(22)15(23)16(11)32-3)17(33-20(9,2)21(24,25)26)19(31)29-10-6-7-28-13(8-10)18(27)30/h4-9,14,17H,1-3H3,(H2,27,30)(H,28,29,31)/t9-,14+,17+,20+/m0/s1/i5D. The number of hydrogen-bond donors (Lipinski definition) is 2. The van der Waals surface area contributed by atoms with E-state index in [-0.39, 0.29) is 16.9 Å². The molecule has 12 heteroatoms. The van der Waals surface area contributed by atoms with Crippen LogP contribution in [-0.4, -0.2) is 41.8 Å². The van der Waals surface area contributed by atoms with Gasteiger partial charge >= 0.3 is 6.18 Å². The Kier molecular flexibility index (Phi) is 5.95. The van der Waals surface area contributed by atoms with E-state index in [4.69, 9.17) is 16.6 Å². The van der Waals surface area contributed by atoms with Crippen molar-refractivity contribution in [3.05, 3.63) is 53.3 Å². The summed E-state index contributed by atoms with van der Waals surface area (Å²) in [5.74, 6) is -8.81. The van der Waals surface area contributed by atoms with E-state index in [1.54, 1.807) is 0 Å². The van der Waals surface area contributed by atoms with Crippen molar-refractivity contribution < 1.29 is 42.4 Å². The highest BCUT2D eigenvalue weighted by molar-refractivity contribution is 5.97. The van der Waals surface area contributed by atoms with E-state index in [0.29, 0.717) is 0 Å². The second-order valence-corrected chi connectivity index (χ2v) is 7.65. The number of hydrogen-bond acceptors (Lipinski definition) is 5. The number of nitrogens with zero attached hydrogens (tertiary/aromatic N) is 1. The van der Waals surface area contributed by atoms with Gasteiger partial charge in [-0.2, -0.15) is 17.6 Å². The minimum atomic E-state index is -4.94. The van der Waals surface area contributed by atoms with Crippen molar-refractivity contribution in [3.8, 4) is 5.75 Å². The number of ether oxygens (including phenoxy) is 2. The monoisotopic (exact) mass is 474 g/mol. The molecule has 0 unspecified atom stereocenters. The molecule has 0 aliphatic carbocycles. The molecule has 3 rings (SSSR count). The van der Waals surface area contributed by atoms with E-state index >= 15 is 0 Å². The van der Waals surface area contributed by atoms with Crippen LogP contribution in [0.2, 0.25) is 0 Å². The minimum absolute atomic E-state index is 0.0113. The third-order valence-corrected chi connectivity index (χ3v) is 5.78. The number of pyridine rings is 1. The molecule has 1 fully saturated rings. The lowest BCUT2D eigenvalue weighted by Gasteiger charge is -2.32. The molecule has 7 nitrogen and oxygen atoms in total. The number of rotatable bonds is 5. The number of aromatic nitrogens is 1. The lowest BCUT2D eigenvalue weighted by atomic mass is 9.77. The fraction of sp³-hybridized carbons (Fsp3) is 0.381. The molecule has 2 heterocycles. The highest BCUT2D eigenvalue weighted by atomic mass is 19.4. The Balaban J connectivity index is 2.12. The van der Waals surface area contributed by atoms with E-state index in [1.807, 2.05) is 0 Å². The zero-order valence-electron chi connectivity index (χ0n) is 18.6. The van der Waals surface area contributed by atoms with Crippen LogP contribution in [0.3, 0.4) is 0 Å². The summed E-state index contributed by atoms with van der Waals surface area (Å²) in [4.78, 5) is 28.1. The molecule has 0 bridgehead atoms. The van der Waals surface area contributed by atoms with Crippen LogP contribution in [0, 0.1) is 17.6 Å². The van der Waals surface area contributed by atoms with Gasteiger partial charge in [-0.05, 0) is 25.1 Å². The number of anilines is 1. The topological polar surface area (TPSA) is 104 Å². The largest absolute Gasteiger partial charge is 0.493 e. The van der Waals surface area contributed by atoms with Crippen LogP contribution in [0.5, 0.6) is 5.75 Å². The Morgan fingerprint density at radius 2 is 2.00 bits per heavy atom. The molecule has 33 heavy (non-hydrogen) atoms. The van der Waals surface area contributed by atoms with Gasteiger partial charge in [0.15, 0.2) is 17.2 Å². The van der Waals surface area contributed by atoms with Gasteiger partial charge in [-0.1, -0.05) is 13.0 Å². The van der Waals surface area contributed by atoms with Gasteiger partial charge in [0.25, 0.3) is 11.8 Å². The fourth-order valence-corrected chi connectivity index (χ4v) is 3.83. The van der Waals surface area contributed by atoms with Gasteiger partial charge in [-0.25, -0.2) is 4.39 Å². The predicted molar refractivity (Wildman–Crippen MR) is 106 cm³/mol. The zero-order valence-corrected chi connectivity index (χ0v) is 17.6. The second-order valence-electron chi connectivity index (χ2n) is 7.65. The van der Waals surface area contributed by atoms with Crippen LogP contribution in [0.15, 0.2) is 30.4 Å². The van der Waals surface area contributed by atoms with E-state index < -0.39 is 65.0 Å². The predicted octanol–water partition coefficient (Wildman–Crippen LogP) is 3.55. The van der Waals surface area contributed by atoms with E-state index in [0.717, 1.165) is 39.3 Å².